The number of aliphatic hydroxyl groups excluding tert-OH is 1. The molecule has 1 rings (SSSR count). The average Bonchev–Trinajstić information content (AvgIpc) is 2.62. The van der Waals surface area contributed by atoms with E-state index in [4.69, 9.17) is 10.2 Å². The van der Waals surface area contributed by atoms with E-state index in [0.717, 1.165) is 0 Å². The molecule has 1 fully saturated rings. The van der Waals surface area contributed by atoms with Gasteiger partial charge in [0.25, 0.3) is 0 Å². The highest BCUT2D eigenvalue weighted by Crippen LogP contribution is 2.42. The van der Waals surface area contributed by atoms with Gasteiger partial charge in [-0.2, -0.15) is 0 Å². The van der Waals surface area contributed by atoms with Gasteiger partial charge in [-0.15, -0.1) is 0 Å². The van der Waals surface area contributed by atoms with Gasteiger partial charge in [0.2, 0.25) is 0 Å². The molecule has 2 unspecified atom stereocenters. The number of carbonyl (C=O) groups is 1. The van der Waals surface area contributed by atoms with Crippen LogP contribution in [0.15, 0.2) is 0 Å². The predicted molar refractivity (Wildman–Crippen MR) is 34.6 cm³/mol. The Hall–Kier alpha value is -0.610. The first-order chi connectivity index (χ1) is 4.67. The van der Waals surface area contributed by atoms with Crippen molar-refractivity contribution in [1.82, 2.24) is 5.32 Å². The van der Waals surface area contributed by atoms with Crippen molar-refractivity contribution in [2.24, 2.45) is 5.92 Å². The van der Waals surface area contributed by atoms with Gasteiger partial charge >= 0.3 is 5.97 Å². The highest BCUT2D eigenvalue weighted by molar-refractivity contribution is 5.83. The average molecular weight is 145 g/mol. The van der Waals surface area contributed by atoms with Crippen molar-refractivity contribution in [3.8, 4) is 0 Å². The summed E-state index contributed by atoms with van der Waals surface area (Å²) in [7, 11) is 1.60. The van der Waals surface area contributed by atoms with Crippen LogP contribution in [0.3, 0.4) is 0 Å². The molecule has 4 nitrogen and oxygen atoms in total. The number of carboxylic acid groups (broad SMARTS) is 1. The fourth-order valence-electron chi connectivity index (χ4n) is 1.23. The third kappa shape index (κ3) is 0.803. The first-order valence-electron chi connectivity index (χ1n) is 3.20. The van der Waals surface area contributed by atoms with Crippen LogP contribution < -0.4 is 5.32 Å². The maximum absolute atomic E-state index is 10.5. The molecule has 0 aromatic carbocycles. The van der Waals surface area contributed by atoms with E-state index in [0.29, 0.717) is 6.42 Å². The van der Waals surface area contributed by atoms with Gasteiger partial charge in [0.05, 0.1) is 0 Å². The zero-order valence-electron chi connectivity index (χ0n) is 5.79. The first kappa shape index (κ1) is 7.50. The Labute approximate surface area is 58.9 Å². The van der Waals surface area contributed by atoms with Crippen LogP contribution >= 0.6 is 0 Å². The number of carboxylic acids is 1. The number of hydrogen-bond acceptors (Lipinski definition) is 3. The monoisotopic (exact) mass is 145 g/mol. The second kappa shape index (κ2) is 2.21. The van der Waals surface area contributed by atoms with Crippen LogP contribution in [0, 0.1) is 5.92 Å². The van der Waals surface area contributed by atoms with Gasteiger partial charge in [-0.25, -0.2) is 0 Å². The molecule has 0 bridgehead atoms. The third-order valence-corrected chi connectivity index (χ3v) is 2.15. The largest absolute Gasteiger partial charge is 0.480 e. The number of aliphatic carboxylic acids is 1. The number of aliphatic hydroxyl groups is 1. The molecule has 58 valence electrons. The molecule has 0 heterocycles. The highest BCUT2D eigenvalue weighted by Gasteiger charge is 2.59. The summed E-state index contributed by atoms with van der Waals surface area (Å²) in [5.41, 5.74) is -0.825. The number of nitrogens with one attached hydrogen (secondary N) is 1. The molecule has 0 aromatic heterocycles. The topological polar surface area (TPSA) is 69.6 Å². The lowest BCUT2D eigenvalue weighted by Gasteiger charge is -2.08. The van der Waals surface area contributed by atoms with Crippen LogP contribution in [0.5, 0.6) is 0 Å². The fraction of sp³-hybridized carbons (Fsp3) is 0.833. The number of likely N-dealkylation sites (N-methyl/N-ethyl adjacent to an activating group) is 1. The van der Waals surface area contributed by atoms with Gasteiger partial charge in [-0.3, -0.25) is 4.79 Å². The Morgan fingerprint density at radius 1 is 1.90 bits per heavy atom. The normalized spacial score (nSPS) is 37.6. The quantitative estimate of drug-likeness (QED) is 0.478. The predicted octanol–water partition coefficient (Wildman–Crippen LogP) is -0.959. The molecule has 1 saturated carbocycles. The lowest BCUT2D eigenvalue weighted by Crippen LogP contribution is -2.39. The number of hydrogen-bond donors (Lipinski definition) is 3. The van der Waals surface area contributed by atoms with Crippen LogP contribution in [-0.4, -0.2) is 35.4 Å². The summed E-state index contributed by atoms with van der Waals surface area (Å²) in [4.78, 5) is 10.5. The molecule has 0 radical (unpaired) electrons. The van der Waals surface area contributed by atoms with Gasteiger partial charge in [0, 0.05) is 12.5 Å². The third-order valence-electron chi connectivity index (χ3n) is 2.15. The Bertz CT molecular complexity index is 159. The van der Waals surface area contributed by atoms with Crippen LogP contribution in [0.25, 0.3) is 0 Å². The summed E-state index contributed by atoms with van der Waals surface area (Å²) in [6, 6.07) is 0. The van der Waals surface area contributed by atoms with E-state index in [1.807, 2.05) is 0 Å². The van der Waals surface area contributed by atoms with Crippen molar-refractivity contribution in [1.29, 1.82) is 0 Å². The molecule has 2 atom stereocenters. The van der Waals surface area contributed by atoms with Crippen molar-refractivity contribution in [2.45, 2.75) is 12.0 Å². The van der Waals surface area contributed by atoms with Crippen LogP contribution in [0.4, 0.5) is 0 Å². The van der Waals surface area contributed by atoms with Gasteiger partial charge < -0.3 is 15.5 Å². The minimum absolute atomic E-state index is 0.0485. The van der Waals surface area contributed by atoms with Crippen molar-refractivity contribution >= 4 is 5.97 Å². The fourth-order valence-corrected chi connectivity index (χ4v) is 1.23. The Kier molecular flexibility index (Phi) is 1.66. The van der Waals surface area contributed by atoms with E-state index in [-0.39, 0.29) is 12.5 Å². The molecular formula is C6H11NO3. The summed E-state index contributed by atoms with van der Waals surface area (Å²) in [6.07, 6.45) is 0.537. The second-order valence-electron chi connectivity index (χ2n) is 2.61. The van der Waals surface area contributed by atoms with Crippen LogP contribution in [0.2, 0.25) is 0 Å². The van der Waals surface area contributed by atoms with Crippen LogP contribution in [0.1, 0.15) is 6.42 Å². The van der Waals surface area contributed by atoms with Crippen LogP contribution in [-0.2, 0) is 4.79 Å². The van der Waals surface area contributed by atoms with Gasteiger partial charge in [0.1, 0.15) is 5.54 Å². The van der Waals surface area contributed by atoms with Gasteiger partial charge in [0.15, 0.2) is 0 Å². The van der Waals surface area contributed by atoms with Gasteiger partial charge in [-0.05, 0) is 13.5 Å². The molecule has 3 N–H and O–H groups in total. The zero-order chi connectivity index (χ0) is 7.78. The lowest BCUT2D eigenvalue weighted by molar-refractivity contribution is -0.141. The van der Waals surface area contributed by atoms with E-state index >= 15 is 0 Å². The summed E-state index contributed by atoms with van der Waals surface area (Å²) in [5, 5.41) is 19.9. The molecule has 0 saturated heterocycles. The minimum atomic E-state index is -0.867. The zero-order valence-corrected chi connectivity index (χ0v) is 5.79. The lowest BCUT2D eigenvalue weighted by atomic mass is 10.2. The Morgan fingerprint density at radius 3 is 2.60 bits per heavy atom. The molecule has 0 aromatic rings. The molecule has 0 aliphatic heterocycles. The Morgan fingerprint density at radius 2 is 2.50 bits per heavy atom. The SMILES string of the molecule is CNC1(C(=O)O)CC1CO. The van der Waals surface area contributed by atoms with Crippen molar-refractivity contribution in [3.05, 3.63) is 0 Å². The molecule has 4 heteroatoms. The molecule has 1 aliphatic carbocycles. The first-order valence-corrected chi connectivity index (χ1v) is 3.20. The molecule has 0 spiro atoms. The molecule has 0 amide bonds. The van der Waals surface area contributed by atoms with E-state index in [9.17, 15) is 4.79 Å². The van der Waals surface area contributed by atoms with E-state index in [2.05, 4.69) is 5.32 Å². The molecule has 1 aliphatic rings. The summed E-state index contributed by atoms with van der Waals surface area (Å²) in [5.74, 6) is -0.968. The summed E-state index contributed by atoms with van der Waals surface area (Å²) < 4.78 is 0. The Balaban J connectivity index is 2.59. The maximum atomic E-state index is 10.5. The molecular weight excluding hydrogens is 134 g/mol. The molecule has 10 heavy (non-hydrogen) atoms. The maximum Gasteiger partial charge on any atom is 0.324 e. The van der Waals surface area contributed by atoms with Crippen molar-refractivity contribution in [2.75, 3.05) is 13.7 Å². The summed E-state index contributed by atoms with van der Waals surface area (Å²) >= 11 is 0. The number of rotatable bonds is 3. The second-order valence-corrected chi connectivity index (χ2v) is 2.61. The summed E-state index contributed by atoms with van der Waals surface area (Å²) in [6.45, 7) is -0.0485. The highest BCUT2D eigenvalue weighted by atomic mass is 16.4. The van der Waals surface area contributed by atoms with Gasteiger partial charge in [-0.1, -0.05) is 0 Å². The standard InChI is InChI=1S/C6H11NO3/c1-7-6(5(9)10)2-4(6)3-8/h4,7-8H,2-3H2,1H3,(H,9,10). The van der Waals surface area contributed by atoms with E-state index in [1.165, 1.54) is 0 Å². The van der Waals surface area contributed by atoms with E-state index in [1.54, 1.807) is 7.05 Å². The van der Waals surface area contributed by atoms with Crippen molar-refractivity contribution < 1.29 is 15.0 Å². The van der Waals surface area contributed by atoms with Crippen molar-refractivity contribution in [3.63, 3.8) is 0 Å². The smallest absolute Gasteiger partial charge is 0.324 e. The minimum Gasteiger partial charge on any atom is -0.480 e. The van der Waals surface area contributed by atoms with E-state index < -0.39 is 11.5 Å².